The zero-order chi connectivity index (χ0) is 23.3. The van der Waals surface area contributed by atoms with Crippen molar-refractivity contribution in [2.75, 3.05) is 33.9 Å². The molecule has 0 aromatic heterocycles. The first-order chi connectivity index (χ1) is 16.0. The predicted octanol–water partition coefficient (Wildman–Crippen LogP) is 3.70. The molecule has 0 unspecified atom stereocenters. The third-order valence-corrected chi connectivity index (χ3v) is 6.96. The van der Waals surface area contributed by atoms with Gasteiger partial charge in [0.15, 0.2) is 11.5 Å². The summed E-state index contributed by atoms with van der Waals surface area (Å²) in [6, 6.07) is 15.8. The van der Waals surface area contributed by atoms with E-state index in [2.05, 4.69) is 17.4 Å². The van der Waals surface area contributed by atoms with Gasteiger partial charge in [0.1, 0.15) is 0 Å². The van der Waals surface area contributed by atoms with E-state index < -0.39 is 0 Å². The van der Waals surface area contributed by atoms with Gasteiger partial charge < -0.3 is 19.7 Å². The number of benzene rings is 2. The molecule has 0 radical (unpaired) electrons. The number of carbonyl (C=O) groups is 2. The van der Waals surface area contributed by atoms with Crippen molar-refractivity contribution < 1.29 is 19.1 Å². The van der Waals surface area contributed by atoms with E-state index in [9.17, 15) is 9.59 Å². The summed E-state index contributed by atoms with van der Waals surface area (Å²) in [6.07, 6.45) is 6.97. The summed E-state index contributed by atoms with van der Waals surface area (Å²) in [5.41, 5.74) is 2.20. The number of carbonyl (C=O) groups excluding carboxylic acids is 2. The maximum atomic E-state index is 12.7. The Morgan fingerprint density at radius 2 is 1.79 bits per heavy atom. The maximum absolute atomic E-state index is 12.7. The Kier molecular flexibility index (Phi) is 7.02. The number of likely N-dealkylation sites (tertiary alicyclic amines) is 1. The van der Waals surface area contributed by atoms with Crippen LogP contribution in [0.1, 0.15) is 30.4 Å². The number of nitrogens with zero attached hydrogens (tertiary/aromatic N) is 1. The van der Waals surface area contributed by atoms with E-state index in [1.54, 1.807) is 26.4 Å². The highest BCUT2D eigenvalue weighted by atomic mass is 16.5. The third-order valence-electron chi connectivity index (χ3n) is 6.96. The second-order valence-electron chi connectivity index (χ2n) is 8.92. The van der Waals surface area contributed by atoms with Gasteiger partial charge in [-0.1, -0.05) is 36.4 Å². The molecular formula is C27H32N2O4. The highest BCUT2D eigenvalue weighted by Gasteiger charge is 2.58. The van der Waals surface area contributed by atoms with Gasteiger partial charge in [0.25, 0.3) is 0 Å². The van der Waals surface area contributed by atoms with Gasteiger partial charge in [-0.05, 0) is 60.4 Å². The number of methoxy groups -OCH3 is 2. The minimum Gasteiger partial charge on any atom is -0.493 e. The maximum Gasteiger partial charge on any atom is 0.246 e. The minimum atomic E-state index is 0.00384. The number of rotatable bonds is 8. The average molecular weight is 449 g/mol. The normalized spacial score (nSPS) is 18.8. The van der Waals surface area contributed by atoms with Crippen LogP contribution < -0.4 is 14.8 Å². The van der Waals surface area contributed by atoms with E-state index in [-0.39, 0.29) is 23.1 Å². The van der Waals surface area contributed by atoms with Crippen LogP contribution in [0.5, 0.6) is 11.5 Å². The van der Waals surface area contributed by atoms with Gasteiger partial charge in [-0.25, -0.2) is 0 Å². The lowest BCUT2D eigenvalue weighted by atomic mass is 9.90. The van der Waals surface area contributed by atoms with Crippen LogP contribution in [-0.2, 0) is 16.0 Å². The molecule has 1 heterocycles. The first kappa shape index (κ1) is 22.9. The number of amides is 2. The molecule has 4 rings (SSSR count). The quantitative estimate of drug-likeness (QED) is 0.626. The molecule has 1 N–H and O–H groups in total. The molecule has 1 atom stereocenters. The first-order valence-electron chi connectivity index (χ1n) is 11.6. The number of hydrogen-bond donors (Lipinski definition) is 1. The van der Waals surface area contributed by atoms with E-state index in [1.165, 1.54) is 5.56 Å². The van der Waals surface area contributed by atoms with Gasteiger partial charge in [-0.3, -0.25) is 9.59 Å². The fourth-order valence-electron chi connectivity index (χ4n) is 4.77. The van der Waals surface area contributed by atoms with Crippen LogP contribution in [0.25, 0.3) is 6.08 Å². The Morgan fingerprint density at radius 3 is 2.48 bits per heavy atom. The van der Waals surface area contributed by atoms with E-state index in [1.807, 2.05) is 41.3 Å². The van der Waals surface area contributed by atoms with Crippen LogP contribution in [-0.4, -0.2) is 50.6 Å². The van der Waals surface area contributed by atoms with E-state index in [0.29, 0.717) is 31.1 Å². The molecule has 1 aliphatic carbocycles. The Balaban J connectivity index is 1.23. The highest BCUT2D eigenvalue weighted by molar-refractivity contribution is 5.92. The van der Waals surface area contributed by atoms with Gasteiger partial charge >= 0.3 is 0 Å². The summed E-state index contributed by atoms with van der Waals surface area (Å²) in [7, 11) is 3.19. The van der Waals surface area contributed by atoms with Gasteiger partial charge in [0, 0.05) is 31.6 Å². The zero-order valence-electron chi connectivity index (χ0n) is 19.4. The second-order valence-corrected chi connectivity index (χ2v) is 8.92. The van der Waals surface area contributed by atoms with Crippen LogP contribution in [0.2, 0.25) is 0 Å². The fourth-order valence-corrected chi connectivity index (χ4v) is 4.77. The van der Waals surface area contributed by atoms with Crippen LogP contribution in [0.3, 0.4) is 0 Å². The van der Waals surface area contributed by atoms with Crippen molar-refractivity contribution in [2.24, 2.45) is 11.3 Å². The summed E-state index contributed by atoms with van der Waals surface area (Å²) in [5, 5.41) is 3.10. The van der Waals surface area contributed by atoms with E-state index in [0.717, 1.165) is 31.2 Å². The number of ether oxygens (including phenoxy) is 2. The molecule has 1 saturated heterocycles. The van der Waals surface area contributed by atoms with E-state index >= 15 is 0 Å². The summed E-state index contributed by atoms with van der Waals surface area (Å²) in [6.45, 7) is 2.06. The Morgan fingerprint density at radius 1 is 1.06 bits per heavy atom. The molecule has 2 fully saturated rings. The molecule has 33 heavy (non-hydrogen) atoms. The fraction of sp³-hybridized carbons (Fsp3) is 0.407. The zero-order valence-corrected chi connectivity index (χ0v) is 19.4. The van der Waals surface area contributed by atoms with Crippen molar-refractivity contribution >= 4 is 17.9 Å². The Labute approximate surface area is 195 Å². The lowest BCUT2D eigenvalue weighted by molar-refractivity contribution is -0.127. The summed E-state index contributed by atoms with van der Waals surface area (Å²) in [4.78, 5) is 27.2. The molecule has 2 aliphatic rings. The molecule has 2 aromatic carbocycles. The SMILES string of the molecule is COc1ccc(/C=C/C(=O)N2CCC3(CC2)C[C@H]3C(=O)NCCc2ccccc2)cc1OC. The van der Waals surface area contributed by atoms with Crippen molar-refractivity contribution in [3.8, 4) is 11.5 Å². The highest BCUT2D eigenvalue weighted by Crippen LogP contribution is 2.59. The lowest BCUT2D eigenvalue weighted by Crippen LogP contribution is -2.40. The molecule has 1 spiro atoms. The molecular weight excluding hydrogens is 416 g/mol. The molecule has 6 heteroatoms. The Hall–Kier alpha value is -3.28. The van der Waals surface area contributed by atoms with E-state index in [4.69, 9.17) is 9.47 Å². The molecule has 1 aliphatic heterocycles. The topological polar surface area (TPSA) is 67.9 Å². The summed E-state index contributed by atoms with van der Waals surface area (Å²) >= 11 is 0. The second kappa shape index (κ2) is 10.1. The molecule has 2 aromatic rings. The van der Waals surface area contributed by atoms with Gasteiger partial charge in [-0.2, -0.15) is 0 Å². The summed E-state index contributed by atoms with van der Waals surface area (Å²) < 4.78 is 10.6. The van der Waals surface area contributed by atoms with Crippen LogP contribution in [0.4, 0.5) is 0 Å². The predicted molar refractivity (Wildman–Crippen MR) is 128 cm³/mol. The number of piperidine rings is 1. The van der Waals surface area contributed by atoms with Gasteiger partial charge in [0.2, 0.25) is 11.8 Å². The molecule has 1 saturated carbocycles. The van der Waals surface area contributed by atoms with Crippen molar-refractivity contribution in [1.82, 2.24) is 10.2 Å². The summed E-state index contributed by atoms with van der Waals surface area (Å²) in [5.74, 6) is 1.55. The average Bonchev–Trinajstić information content (AvgIpc) is 3.56. The monoisotopic (exact) mass is 448 g/mol. The molecule has 0 bridgehead atoms. The number of hydrogen-bond acceptors (Lipinski definition) is 4. The van der Waals surface area contributed by atoms with Crippen LogP contribution in [0.15, 0.2) is 54.6 Å². The van der Waals surface area contributed by atoms with Crippen molar-refractivity contribution in [1.29, 1.82) is 0 Å². The standard InChI is InChI=1S/C27H32N2O4/c1-32-23-10-8-21(18-24(23)33-2)9-11-25(30)29-16-13-27(14-17-29)19-22(27)26(31)28-15-12-20-6-4-3-5-7-20/h3-11,18,22H,12-17,19H2,1-2H3,(H,28,31)/b11-9+/t22-/m0/s1. The van der Waals surface area contributed by atoms with Crippen LogP contribution in [0, 0.1) is 11.3 Å². The third kappa shape index (κ3) is 5.38. The van der Waals surface area contributed by atoms with Crippen molar-refractivity contribution in [3.63, 3.8) is 0 Å². The first-order valence-corrected chi connectivity index (χ1v) is 11.6. The van der Waals surface area contributed by atoms with Crippen molar-refractivity contribution in [3.05, 3.63) is 65.7 Å². The van der Waals surface area contributed by atoms with Crippen LogP contribution >= 0.6 is 0 Å². The minimum absolute atomic E-state index is 0.00384. The smallest absolute Gasteiger partial charge is 0.246 e. The number of nitrogens with one attached hydrogen (secondary N) is 1. The van der Waals surface area contributed by atoms with Crippen molar-refractivity contribution in [2.45, 2.75) is 25.7 Å². The van der Waals surface area contributed by atoms with Gasteiger partial charge in [-0.15, -0.1) is 0 Å². The molecule has 6 nitrogen and oxygen atoms in total. The molecule has 2 amide bonds. The molecule has 174 valence electrons. The lowest BCUT2D eigenvalue weighted by Gasteiger charge is -2.32. The van der Waals surface area contributed by atoms with Gasteiger partial charge in [0.05, 0.1) is 14.2 Å². The largest absolute Gasteiger partial charge is 0.493 e. The Bertz CT molecular complexity index is 1010.